The molecule has 122 valence electrons. The third-order valence-corrected chi connectivity index (χ3v) is 4.23. The number of likely N-dealkylation sites (N-methyl/N-ethyl adjacent to an activating group) is 1. The summed E-state index contributed by atoms with van der Waals surface area (Å²) in [6.07, 6.45) is 1.57. The highest BCUT2D eigenvalue weighted by molar-refractivity contribution is 6.33. The zero-order valence-electron chi connectivity index (χ0n) is 14.0. The van der Waals surface area contributed by atoms with Gasteiger partial charge in [-0.2, -0.15) is 0 Å². The number of nitrogens with zero attached hydrogens (tertiary/aromatic N) is 2. The van der Waals surface area contributed by atoms with Gasteiger partial charge in [-0.05, 0) is 44.5 Å². The lowest BCUT2D eigenvalue weighted by Gasteiger charge is -2.26. The van der Waals surface area contributed by atoms with E-state index in [0.29, 0.717) is 0 Å². The standard InChI is InChI=1S/C18H22N2O3/c1-5-20(6-2)14-9-7-13(8-10-14)11-15-16(21)12(3)17(22)19(4)18(15)23/h7-12H,5-6H2,1-4H3. The van der Waals surface area contributed by atoms with Crippen LogP contribution in [0.3, 0.4) is 0 Å². The van der Waals surface area contributed by atoms with Crippen LogP contribution in [0.15, 0.2) is 29.8 Å². The van der Waals surface area contributed by atoms with Gasteiger partial charge in [0.25, 0.3) is 5.91 Å². The molecule has 1 heterocycles. The van der Waals surface area contributed by atoms with Gasteiger partial charge >= 0.3 is 0 Å². The molecule has 0 saturated carbocycles. The van der Waals surface area contributed by atoms with Crippen LogP contribution in [0, 0.1) is 5.92 Å². The average Bonchev–Trinajstić information content (AvgIpc) is 2.57. The highest BCUT2D eigenvalue weighted by atomic mass is 16.2. The van der Waals surface area contributed by atoms with Gasteiger partial charge in [-0.15, -0.1) is 0 Å². The number of carbonyl (C=O) groups excluding carboxylic acids is 3. The van der Waals surface area contributed by atoms with E-state index in [0.717, 1.165) is 29.2 Å². The van der Waals surface area contributed by atoms with Crippen molar-refractivity contribution < 1.29 is 14.4 Å². The smallest absolute Gasteiger partial charge is 0.263 e. The van der Waals surface area contributed by atoms with Gasteiger partial charge in [0, 0.05) is 25.8 Å². The number of ketones is 1. The first kappa shape index (κ1) is 16.9. The van der Waals surface area contributed by atoms with Crippen molar-refractivity contribution in [2.24, 2.45) is 5.92 Å². The molecule has 0 aromatic heterocycles. The number of hydrogen-bond donors (Lipinski definition) is 0. The Morgan fingerprint density at radius 3 is 2.17 bits per heavy atom. The van der Waals surface area contributed by atoms with E-state index < -0.39 is 23.5 Å². The second kappa shape index (κ2) is 6.77. The Labute approximate surface area is 136 Å². The molecular formula is C18H22N2O3. The lowest BCUT2D eigenvalue weighted by molar-refractivity contribution is -0.149. The summed E-state index contributed by atoms with van der Waals surface area (Å²) < 4.78 is 0. The number of Topliss-reactive ketones (excluding diaryl/α,β-unsaturated/α-hetero) is 1. The van der Waals surface area contributed by atoms with Gasteiger partial charge in [-0.3, -0.25) is 19.3 Å². The summed E-state index contributed by atoms with van der Waals surface area (Å²) in [5, 5.41) is 0. The number of rotatable bonds is 4. The fourth-order valence-corrected chi connectivity index (χ4v) is 2.69. The van der Waals surface area contributed by atoms with Gasteiger partial charge in [0.1, 0.15) is 0 Å². The van der Waals surface area contributed by atoms with Crippen molar-refractivity contribution in [3.63, 3.8) is 0 Å². The molecule has 2 rings (SSSR count). The average molecular weight is 314 g/mol. The fourth-order valence-electron chi connectivity index (χ4n) is 2.69. The first-order valence-corrected chi connectivity index (χ1v) is 7.83. The van der Waals surface area contributed by atoms with E-state index in [-0.39, 0.29) is 5.57 Å². The molecular weight excluding hydrogens is 292 g/mol. The molecule has 1 aliphatic rings. The van der Waals surface area contributed by atoms with E-state index in [4.69, 9.17) is 0 Å². The van der Waals surface area contributed by atoms with Crippen LogP contribution in [0.5, 0.6) is 0 Å². The molecule has 0 bridgehead atoms. The number of anilines is 1. The van der Waals surface area contributed by atoms with Crippen molar-refractivity contribution in [2.45, 2.75) is 20.8 Å². The number of piperidine rings is 1. The summed E-state index contributed by atoms with van der Waals surface area (Å²) in [6.45, 7) is 7.54. The molecule has 0 N–H and O–H groups in total. The Hall–Kier alpha value is -2.43. The molecule has 5 heteroatoms. The maximum absolute atomic E-state index is 12.2. The van der Waals surface area contributed by atoms with Crippen LogP contribution in [-0.2, 0) is 14.4 Å². The Morgan fingerprint density at radius 2 is 1.65 bits per heavy atom. The molecule has 23 heavy (non-hydrogen) atoms. The van der Waals surface area contributed by atoms with Crippen LogP contribution in [0.4, 0.5) is 5.69 Å². The zero-order valence-corrected chi connectivity index (χ0v) is 14.0. The predicted molar refractivity (Wildman–Crippen MR) is 89.9 cm³/mol. The molecule has 0 spiro atoms. The Kier molecular flexibility index (Phi) is 4.98. The Balaban J connectivity index is 2.32. The SMILES string of the molecule is CCN(CC)c1ccc(C=C2C(=O)C(C)C(=O)N(C)C2=O)cc1. The summed E-state index contributed by atoms with van der Waals surface area (Å²) in [5.41, 5.74) is 1.93. The van der Waals surface area contributed by atoms with Crippen molar-refractivity contribution in [1.82, 2.24) is 4.90 Å². The number of amides is 2. The van der Waals surface area contributed by atoms with Gasteiger partial charge in [-0.25, -0.2) is 0 Å². The van der Waals surface area contributed by atoms with E-state index in [1.54, 1.807) is 6.08 Å². The second-order valence-corrected chi connectivity index (χ2v) is 5.61. The summed E-state index contributed by atoms with van der Waals surface area (Å²) in [6, 6.07) is 7.69. The monoisotopic (exact) mass is 314 g/mol. The van der Waals surface area contributed by atoms with Crippen molar-refractivity contribution >= 4 is 29.4 Å². The van der Waals surface area contributed by atoms with Crippen molar-refractivity contribution in [1.29, 1.82) is 0 Å². The largest absolute Gasteiger partial charge is 0.372 e. The molecule has 1 aliphatic heterocycles. The number of likely N-dealkylation sites (tertiary alicyclic amines) is 1. The van der Waals surface area contributed by atoms with Crippen LogP contribution < -0.4 is 4.90 Å². The number of benzene rings is 1. The van der Waals surface area contributed by atoms with E-state index in [2.05, 4.69) is 18.7 Å². The van der Waals surface area contributed by atoms with Crippen LogP contribution >= 0.6 is 0 Å². The highest BCUT2D eigenvalue weighted by Gasteiger charge is 2.39. The molecule has 1 unspecified atom stereocenters. The van der Waals surface area contributed by atoms with E-state index in [1.807, 2.05) is 24.3 Å². The summed E-state index contributed by atoms with van der Waals surface area (Å²) in [7, 11) is 1.41. The lowest BCUT2D eigenvalue weighted by atomic mass is 9.91. The number of hydrogen-bond acceptors (Lipinski definition) is 4. The van der Waals surface area contributed by atoms with Gasteiger partial charge in [-0.1, -0.05) is 12.1 Å². The molecule has 0 aliphatic carbocycles. The zero-order chi connectivity index (χ0) is 17.1. The number of imide groups is 1. The van der Waals surface area contributed by atoms with Gasteiger partial charge in [0.2, 0.25) is 5.91 Å². The third-order valence-electron chi connectivity index (χ3n) is 4.23. The van der Waals surface area contributed by atoms with Gasteiger partial charge in [0.05, 0.1) is 11.5 Å². The Morgan fingerprint density at radius 1 is 1.09 bits per heavy atom. The van der Waals surface area contributed by atoms with Crippen LogP contribution in [0.2, 0.25) is 0 Å². The van der Waals surface area contributed by atoms with Crippen LogP contribution in [-0.4, -0.2) is 42.6 Å². The minimum atomic E-state index is -0.807. The summed E-state index contributed by atoms with van der Waals surface area (Å²) >= 11 is 0. The summed E-state index contributed by atoms with van der Waals surface area (Å²) in [4.78, 5) is 39.4. The second-order valence-electron chi connectivity index (χ2n) is 5.61. The van der Waals surface area contributed by atoms with E-state index in [9.17, 15) is 14.4 Å². The molecule has 1 aromatic carbocycles. The predicted octanol–water partition coefficient (Wildman–Crippen LogP) is 2.12. The topological polar surface area (TPSA) is 57.7 Å². The van der Waals surface area contributed by atoms with Crippen molar-refractivity contribution in [3.8, 4) is 0 Å². The lowest BCUT2D eigenvalue weighted by Crippen LogP contribution is -2.47. The molecule has 1 saturated heterocycles. The first-order valence-electron chi connectivity index (χ1n) is 7.83. The van der Waals surface area contributed by atoms with Gasteiger partial charge in [0.15, 0.2) is 5.78 Å². The number of carbonyl (C=O) groups is 3. The highest BCUT2D eigenvalue weighted by Crippen LogP contribution is 2.22. The molecule has 1 aromatic rings. The Bertz CT molecular complexity index is 631. The molecule has 1 atom stereocenters. The van der Waals surface area contributed by atoms with Gasteiger partial charge < -0.3 is 4.90 Å². The fraction of sp³-hybridized carbons (Fsp3) is 0.389. The van der Waals surface area contributed by atoms with E-state index in [1.165, 1.54) is 14.0 Å². The first-order chi connectivity index (χ1) is 10.9. The van der Waals surface area contributed by atoms with Crippen molar-refractivity contribution in [3.05, 3.63) is 35.4 Å². The minimum Gasteiger partial charge on any atom is -0.372 e. The normalized spacial score (nSPS) is 20.3. The molecule has 5 nitrogen and oxygen atoms in total. The van der Waals surface area contributed by atoms with Crippen LogP contribution in [0.25, 0.3) is 6.08 Å². The van der Waals surface area contributed by atoms with Crippen molar-refractivity contribution in [2.75, 3.05) is 25.0 Å². The van der Waals surface area contributed by atoms with Crippen LogP contribution in [0.1, 0.15) is 26.3 Å². The molecule has 1 fully saturated rings. The summed E-state index contributed by atoms with van der Waals surface area (Å²) in [5.74, 6) is -2.20. The maximum Gasteiger partial charge on any atom is 0.263 e. The molecule has 0 radical (unpaired) electrons. The minimum absolute atomic E-state index is 0.0650. The quantitative estimate of drug-likeness (QED) is 0.370. The van der Waals surface area contributed by atoms with E-state index >= 15 is 0 Å². The third kappa shape index (κ3) is 3.18. The molecule has 2 amide bonds. The maximum atomic E-state index is 12.2.